The summed E-state index contributed by atoms with van der Waals surface area (Å²) in [5.74, 6) is 0.940. The molecular weight excluding hydrogens is 398 g/mol. The number of carbonyl (C=O) groups excluding carboxylic acids is 1. The number of amides is 1. The van der Waals surface area contributed by atoms with Crippen LogP contribution in [0.3, 0.4) is 0 Å². The molecule has 0 aliphatic rings. The average Bonchev–Trinajstić information content (AvgIpc) is 3.14. The Hall–Kier alpha value is -3.08. The minimum absolute atomic E-state index is 0.109. The van der Waals surface area contributed by atoms with Crippen LogP contribution in [-0.2, 0) is 17.8 Å². The standard InChI is InChI=1S/C20H16ClN3O3S/c1-26-18-7-2-13(10-22)8-17(18)24-19(25)9-15-12-28-20(23-15)11-27-16-5-3-14(21)4-6-16/h2-8,12H,9,11H2,1H3,(H,24,25). The molecule has 142 valence electrons. The van der Waals surface area contributed by atoms with Gasteiger partial charge < -0.3 is 14.8 Å². The summed E-state index contributed by atoms with van der Waals surface area (Å²) >= 11 is 7.27. The van der Waals surface area contributed by atoms with Crippen LogP contribution >= 0.6 is 22.9 Å². The molecule has 3 rings (SSSR count). The lowest BCUT2D eigenvalue weighted by atomic mass is 10.2. The van der Waals surface area contributed by atoms with Gasteiger partial charge in [-0.15, -0.1) is 11.3 Å². The van der Waals surface area contributed by atoms with Crippen LogP contribution in [0.2, 0.25) is 5.02 Å². The van der Waals surface area contributed by atoms with E-state index in [1.54, 1.807) is 42.5 Å². The van der Waals surface area contributed by atoms with E-state index >= 15 is 0 Å². The normalized spacial score (nSPS) is 10.2. The molecule has 0 fully saturated rings. The van der Waals surface area contributed by atoms with E-state index < -0.39 is 0 Å². The van der Waals surface area contributed by atoms with Crippen molar-refractivity contribution in [2.24, 2.45) is 0 Å². The van der Waals surface area contributed by atoms with E-state index in [4.69, 9.17) is 26.3 Å². The first kappa shape index (κ1) is 19.7. The summed E-state index contributed by atoms with van der Waals surface area (Å²) in [6.07, 6.45) is 0.109. The van der Waals surface area contributed by atoms with Crippen LogP contribution in [0.5, 0.6) is 11.5 Å². The number of carbonyl (C=O) groups is 1. The summed E-state index contributed by atoms with van der Waals surface area (Å²) in [6, 6.07) is 14.0. The maximum Gasteiger partial charge on any atom is 0.230 e. The van der Waals surface area contributed by atoms with Crippen LogP contribution in [0.4, 0.5) is 5.69 Å². The maximum atomic E-state index is 12.3. The van der Waals surface area contributed by atoms with Crippen molar-refractivity contribution in [1.29, 1.82) is 5.26 Å². The minimum atomic E-state index is -0.246. The van der Waals surface area contributed by atoms with E-state index in [-0.39, 0.29) is 12.3 Å². The largest absolute Gasteiger partial charge is 0.495 e. The van der Waals surface area contributed by atoms with Gasteiger partial charge in [-0.1, -0.05) is 11.6 Å². The third-order valence-corrected chi connectivity index (χ3v) is 4.84. The molecule has 0 unspecified atom stereocenters. The van der Waals surface area contributed by atoms with Crippen LogP contribution in [0.1, 0.15) is 16.3 Å². The van der Waals surface area contributed by atoms with E-state index in [0.29, 0.717) is 40.1 Å². The molecular formula is C20H16ClN3O3S. The summed E-state index contributed by atoms with van der Waals surface area (Å²) < 4.78 is 10.9. The zero-order chi connectivity index (χ0) is 19.9. The molecule has 0 atom stereocenters. The predicted octanol–water partition coefficient (Wildman–Crippen LogP) is 4.44. The van der Waals surface area contributed by atoms with Gasteiger partial charge in [-0.05, 0) is 42.5 Å². The monoisotopic (exact) mass is 413 g/mol. The molecule has 3 aromatic rings. The number of anilines is 1. The summed E-state index contributed by atoms with van der Waals surface area (Å²) in [7, 11) is 1.50. The Balaban J connectivity index is 1.58. The van der Waals surface area contributed by atoms with Gasteiger partial charge >= 0.3 is 0 Å². The second-order valence-corrected chi connectivity index (χ2v) is 7.11. The minimum Gasteiger partial charge on any atom is -0.495 e. The number of ether oxygens (including phenoxy) is 2. The molecule has 0 spiro atoms. The molecule has 1 amide bonds. The number of aromatic nitrogens is 1. The second-order valence-electron chi connectivity index (χ2n) is 5.73. The smallest absolute Gasteiger partial charge is 0.230 e. The quantitative estimate of drug-likeness (QED) is 0.619. The van der Waals surface area contributed by atoms with Crippen LogP contribution in [0, 0.1) is 11.3 Å². The number of thiazole rings is 1. The van der Waals surface area contributed by atoms with Gasteiger partial charge in [-0.3, -0.25) is 4.79 Å². The fourth-order valence-corrected chi connectivity index (χ4v) is 3.24. The van der Waals surface area contributed by atoms with Crippen LogP contribution < -0.4 is 14.8 Å². The fourth-order valence-electron chi connectivity index (χ4n) is 2.41. The van der Waals surface area contributed by atoms with Gasteiger partial charge in [-0.2, -0.15) is 5.26 Å². The summed E-state index contributed by atoms with van der Waals surface area (Å²) in [4.78, 5) is 16.8. The lowest BCUT2D eigenvalue weighted by molar-refractivity contribution is -0.115. The molecule has 1 aromatic heterocycles. The lowest BCUT2D eigenvalue weighted by Crippen LogP contribution is -2.15. The number of benzene rings is 2. The Bertz CT molecular complexity index is 1010. The molecule has 0 aliphatic heterocycles. The topological polar surface area (TPSA) is 84.2 Å². The Labute approximate surface area is 171 Å². The molecule has 0 aliphatic carbocycles. The Kier molecular flexibility index (Phi) is 6.48. The van der Waals surface area contributed by atoms with Gasteiger partial charge in [0.15, 0.2) is 0 Å². The summed E-state index contributed by atoms with van der Waals surface area (Å²) in [5.41, 5.74) is 1.53. The molecule has 8 heteroatoms. The fraction of sp³-hybridized carbons (Fsp3) is 0.150. The van der Waals surface area contributed by atoms with E-state index in [1.165, 1.54) is 18.4 Å². The molecule has 1 heterocycles. The molecule has 0 saturated carbocycles. The number of rotatable bonds is 7. The number of nitriles is 1. The van der Waals surface area contributed by atoms with Gasteiger partial charge in [0, 0.05) is 10.4 Å². The highest BCUT2D eigenvalue weighted by atomic mass is 35.5. The van der Waals surface area contributed by atoms with Crippen LogP contribution in [0.15, 0.2) is 47.8 Å². The molecule has 28 heavy (non-hydrogen) atoms. The van der Waals surface area contributed by atoms with Crippen molar-refractivity contribution in [3.63, 3.8) is 0 Å². The number of nitrogens with one attached hydrogen (secondary N) is 1. The van der Waals surface area contributed by atoms with Gasteiger partial charge in [0.1, 0.15) is 23.1 Å². The van der Waals surface area contributed by atoms with E-state index in [2.05, 4.69) is 10.3 Å². The van der Waals surface area contributed by atoms with E-state index in [1.807, 2.05) is 11.4 Å². The van der Waals surface area contributed by atoms with Crippen LogP contribution in [-0.4, -0.2) is 18.0 Å². The molecule has 0 radical (unpaired) electrons. The number of methoxy groups -OCH3 is 1. The highest BCUT2D eigenvalue weighted by Gasteiger charge is 2.12. The van der Waals surface area contributed by atoms with Crippen molar-refractivity contribution in [2.45, 2.75) is 13.0 Å². The highest BCUT2D eigenvalue weighted by Crippen LogP contribution is 2.25. The van der Waals surface area contributed by atoms with Crippen molar-refractivity contribution in [3.05, 3.63) is 69.1 Å². The predicted molar refractivity (Wildman–Crippen MR) is 108 cm³/mol. The lowest BCUT2D eigenvalue weighted by Gasteiger charge is -2.10. The molecule has 0 bridgehead atoms. The third kappa shape index (κ3) is 5.22. The molecule has 0 saturated heterocycles. The van der Waals surface area contributed by atoms with E-state index in [9.17, 15) is 4.79 Å². The van der Waals surface area contributed by atoms with Gasteiger partial charge in [-0.25, -0.2) is 4.98 Å². The Morgan fingerprint density at radius 1 is 1.29 bits per heavy atom. The van der Waals surface area contributed by atoms with Gasteiger partial charge in [0.05, 0.1) is 36.5 Å². The van der Waals surface area contributed by atoms with Crippen molar-refractivity contribution in [2.75, 3.05) is 12.4 Å². The van der Waals surface area contributed by atoms with Gasteiger partial charge in [0.2, 0.25) is 5.91 Å². The zero-order valence-corrected chi connectivity index (χ0v) is 16.5. The molecule has 1 N–H and O–H groups in total. The number of hydrogen-bond donors (Lipinski definition) is 1. The SMILES string of the molecule is COc1ccc(C#N)cc1NC(=O)Cc1csc(COc2ccc(Cl)cc2)n1. The number of nitrogens with zero attached hydrogens (tertiary/aromatic N) is 2. The van der Waals surface area contributed by atoms with E-state index in [0.717, 1.165) is 5.01 Å². The second kappa shape index (κ2) is 9.22. The molecule has 6 nitrogen and oxygen atoms in total. The molecule has 2 aromatic carbocycles. The highest BCUT2D eigenvalue weighted by molar-refractivity contribution is 7.09. The van der Waals surface area contributed by atoms with Crippen molar-refractivity contribution >= 4 is 34.5 Å². The van der Waals surface area contributed by atoms with Crippen molar-refractivity contribution in [1.82, 2.24) is 4.98 Å². The van der Waals surface area contributed by atoms with Crippen molar-refractivity contribution in [3.8, 4) is 17.6 Å². The third-order valence-electron chi connectivity index (χ3n) is 3.72. The summed E-state index contributed by atoms with van der Waals surface area (Å²) in [6.45, 7) is 0.311. The number of hydrogen-bond acceptors (Lipinski definition) is 6. The Morgan fingerprint density at radius 3 is 2.79 bits per heavy atom. The average molecular weight is 414 g/mol. The van der Waals surface area contributed by atoms with Crippen molar-refractivity contribution < 1.29 is 14.3 Å². The van der Waals surface area contributed by atoms with Crippen LogP contribution in [0.25, 0.3) is 0 Å². The summed E-state index contributed by atoms with van der Waals surface area (Å²) in [5, 5.41) is 15.0. The zero-order valence-electron chi connectivity index (χ0n) is 14.9. The maximum absolute atomic E-state index is 12.3. The number of halogens is 1. The first-order chi connectivity index (χ1) is 13.6. The Morgan fingerprint density at radius 2 is 2.07 bits per heavy atom. The van der Waals surface area contributed by atoms with Gasteiger partial charge in [0.25, 0.3) is 0 Å². The first-order valence-electron chi connectivity index (χ1n) is 8.27. The first-order valence-corrected chi connectivity index (χ1v) is 9.53.